The molecule has 2 rings (SSSR count). The Hall–Kier alpha value is -2.02. The van der Waals surface area contributed by atoms with Crippen molar-refractivity contribution in [2.24, 2.45) is 0 Å². The van der Waals surface area contributed by atoms with Crippen molar-refractivity contribution in [3.8, 4) is 17.4 Å². The van der Waals surface area contributed by atoms with Gasteiger partial charge < -0.3 is 20.1 Å². The second-order valence-electron chi connectivity index (χ2n) is 5.29. The second kappa shape index (κ2) is 13.2. The smallest absolute Gasteiger partial charge is 0.257 e. The van der Waals surface area contributed by atoms with Gasteiger partial charge in [-0.1, -0.05) is 13.0 Å². The van der Waals surface area contributed by atoms with Crippen LogP contribution in [0.25, 0.3) is 0 Å². The molecular weight excluding hydrogens is 377 g/mol. The first-order valence-electron chi connectivity index (χ1n) is 7.99. The number of aromatic nitrogens is 1. The van der Waals surface area contributed by atoms with Crippen molar-refractivity contribution in [2.75, 3.05) is 19.7 Å². The van der Waals surface area contributed by atoms with Gasteiger partial charge >= 0.3 is 0 Å². The van der Waals surface area contributed by atoms with Crippen LogP contribution in [0.3, 0.4) is 0 Å². The van der Waals surface area contributed by atoms with Crippen LogP contribution in [0, 0.1) is 0 Å². The summed E-state index contributed by atoms with van der Waals surface area (Å²) in [5.41, 5.74) is 0. The maximum Gasteiger partial charge on any atom is 0.257 e. The van der Waals surface area contributed by atoms with Gasteiger partial charge in [-0.2, -0.15) is 0 Å². The predicted molar refractivity (Wildman–Crippen MR) is 107 cm³/mol. The lowest BCUT2D eigenvalue weighted by atomic mass is 10.3. The Morgan fingerprint density at radius 2 is 1.81 bits per heavy atom. The van der Waals surface area contributed by atoms with Crippen LogP contribution in [0.5, 0.6) is 17.4 Å². The minimum atomic E-state index is -0.145. The number of halogens is 2. The minimum Gasteiger partial charge on any atom is -0.484 e. The van der Waals surface area contributed by atoms with Gasteiger partial charge in [-0.3, -0.25) is 4.79 Å². The molecule has 0 unspecified atom stereocenters. The highest BCUT2D eigenvalue weighted by Crippen LogP contribution is 2.22. The lowest BCUT2D eigenvalue weighted by Gasteiger charge is -2.13. The molecule has 2 N–H and O–H groups in total. The number of amides is 1. The van der Waals surface area contributed by atoms with Gasteiger partial charge in [-0.05, 0) is 43.8 Å². The summed E-state index contributed by atoms with van der Waals surface area (Å²) in [5.74, 6) is 1.65. The number of likely N-dealkylation sites (N-methyl/N-ethyl adjacent to an activating group) is 1. The number of nitrogens with zero attached hydrogens (tertiary/aromatic N) is 1. The van der Waals surface area contributed by atoms with Gasteiger partial charge in [0.1, 0.15) is 11.5 Å². The van der Waals surface area contributed by atoms with Gasteiger partial charge in [0, 0.05) is 24.8 Å². The van der Waals surface area contributed by atoms with Crippen molar-refractivity contribution in [1.82, 2.24) is 15.6 Å². The Morgan fingerprint density at radius 1 is 1.12 bits per heavy atom. The molecule has 0 radical (unpaired) electrons. The summed E-state index contributed by atoms with van der Waals surface area (Å²) in [5, 5.41) is 6.05. The molecule has 0 fully saturated rings. The van der Waals surface area contributed by atoms with Crippen LogP contribution >= 0.6 is 24.8 Å². The lowest BCUT2D eigenvalue weighted by molar-refractivity contribution is -0.123. The Kier molecular flexibility index (Phi) is 12.2. The number of carbonyl (C=O) groups is 1. The number of ether oxygens (including phenoxy) is 2. The van der Waals surface area contributed by atoms with Crippen LogP contribution in [0.15, 0.2) is 48.7 Å². The van der Waals surface area contributed by atoms with E-state index in [-0.39, 0.29) is 43.4 Å². The molecule has 0 aliphatic heterocycles. The molecule has 26 heavy (non-hydrogen) atoms. The van der Waals surface area contributed by atoms with E-state index in [2.05, 4.69) is 15.6 Å². The van der Waals surface area contributed by atoms with Gasteiger partial charge in [0.15, 0.2) is 6.61 Å². The highest BCUT2D eigenvalue weighted by Gasteiger charge is 2.06. The van der Waals surface area contributed by atoms with Gasteiger partial charge in [0.05, 0.1) is 0 Å². The normalized spacial score (nSPS) is 10.7. The summed E-state index contributed by atoms with van der Waals surface area (Å²) in [6.45, 7) is 5.49. The Labute approximate surface area is 166 Å². The average molecular weight is 402 g/mol. The molecule has 0 spiro atoms. The first-order valence-corrected chi connectivity index (χ1v) is 7.99. The molecule has 0 aliphatic carbocycles. The summed E-state index contributed by atoms with van der Waals surface area (Å²) in [7, 11) is 0. The number of hydrogen-bond acceptors (Lipinski definition) is 5. The molecule has 1 atom stereocenters. The SMILES string of the molecule is CCN[C@H](C)CNC(=O)COc1ccc(Oc2ccccn2)cc1.Cl.Cl. The standard InChI is InChI=1S/C18H23N3O3.2ClH/c1-3-19-14(2)12-21-17(22)13-23-15-7-9-16(10-8-15)24-18-6-4-5-11-20-18;;/h4-11,14,19H,3,12-13H2,1-2H3,(H,21,22);2*1H/t14-;;/m1../s1. The summed E-state index contributed by atoms with van der Waals surface area (Å²) < 4.78 is 11.1. The number of hydrogen-bond donors (Lipinski definition) is 2. The zero-order valence-electron chi connectivity index (χ0n) is 14.8. The van der Waals surface area contributed by atoms with Crippen molar-refractivity contribution < 1.29 is 14.3 Å². The van der Waals surface area contributed by atoms with Crippen molar-refractivity contribution in [2.45, 2.75) is 19.9 Å². The van der Waals surface area contributed by atoms with E-state index in [4.69, 9.17) is 9.47 Å². The second-order valence-corrected chi connectivity index (χ2v) is 5.29. The number of pyridine rings is 1. The zero-order valence-corrected chi connectivity index (χ0v) is 16.4. The van der Waals surface area contributed by atoms with Crippen molar-refractivity contribution in [3.05, 3.63) is 48.7 Å². The van der Waals surface area contributed by atoms with E-state index in [1.807, 2.05) is 26.0 Å². The van der Waals surface area contributed by atoms with Crippen LogP contribution < -0.4 is 20.1 Å². The molecule has 1 heterocycles. The van der Waals surface area contributed by atoms with Crippen LogP contribution in [0.4, 0.5) is 0 Å². The Balaban J connectivity index is 0.00000312. The quantitative estimate of drug-likeness (QED) is 0.674. The van der Waals surface area contributed by atoms with E-state index in [1.165, 1.54) is 0 Å². The summed E-state index contributed by atoms with van der Waals surface area (Å²) in [6.07, 6.45) is 1.67. The largest absolute Gasteiger partial charge is 0.484 e. The molecule has 2 aromatic rings. The van der Waals surface area contributed by atoms with Crippen molar-refractivity contribution in [1.29, 1.82) is 0 Å². The fraction of sp³-hybridized carbons (Fsp3) is 0.333. The van der Waals surface area contributed by atoms with Crippen molar-refractivity contribution in [3.63, 3.8) is 0 Å². The van der Waals surface area contributed by atoms with E-state index < -0.39 is 0 Å². The monoisotopic (exact) mass is 401 g/mol. The van der Waals surface area contributed by atoms with Gasteiger partial charge in [0.2, 0.25) is 5.88 Å². The van der Waals surface area contributed by atoms with Gasteiger partial charge in [-0.15, -0.1) is 24.8 Å². The van der Waals surface area contributed by atoms with Crippen LogP contribution in [0.2, 0.25) is 0 Å². The first-order chi connectivity index (χ1) is 11.7. The fourth-order valence-electron chi connectivity index (χ4n) is 2.02. The molecule has 1 aromatic heterocycles. The van der Waals surface area contributed by atoms with Crippen LogP contribution in [-0.4, -0.2) is 36.6 Å². The summed E-state index contributed by atoms with van der Waals surface area (Å²) >= 11 is 0. The van der Waals surface area contributed by atoms with Crippen LogP contribution in [-0.2, 0) is 4.79 Å². The van der Waals surface area contributed by atoms with E-state index in [0.717, 1.165) is 6.54 Å². The number of rotatable bonds is 9. The average Bonchev–Trinajstić information content (AvgIpc) is 2.60. The molecule has 6 nitrogen and oxygen atoms in total. The van der Waals surface area contributed by atoms with Gasteiger partial charge in [0.25, 0.3) is 5.91 Å². The summed E-state index contributed by atoms with van der Waals surface area (Å²) in [4.78, 5) is 15.8. The number of carbonyl (C=O) groups excluding carboxylic acids is 1. The molecule has 0 saturated carbocycles. The van der Waals surface area contributed by atoms with E-state index in [9.17, 15) is 4.79 Å². The molecule has 144 valence electrons. The fourth-order valence-corrected chi connectivity index (χ4v) is 2.02. The topological polar surface area (TPSA) is 72.5 Å². The minimum absolute atomic E-state index is 0. The Morgan fingerprint density at radius 3 is 2.42 bits per heavy atom. The predicted octanol–water partition coefficient (Wildman–Crippen LogP) is 3.21. The molecule has 8 heteroatoms. The lowest BCUT2D eigenvalue weighted by Crippen LogP contribution is -2.40. The zero-order chi connectivity index (χ0) is 17.2. The Bertz CT molecular complexity index is 627. The molecular formula is C18H25Cl2N3O3. The third-order valence-corrected chi connectivity index (χ3v) is 3.21. The first kappa shape index (κ1) is 24.0. The molecule has 0 bridgehead atoms. The highest BCUT2D eigenvalue weighted by molar-refractivity contribution is 5.85. The molecule has 1 aromatic carbocycles. The van der Waals surface area contributed by atoms with E-state index in [0.29, 0.717) is 23.9 Å². The number of nitrogens with one attached hydrogen (secondary N) is 2. The highest BCUT2D eigenvalue weighted by atomic mass is 35.5. The van der Waals surface area contributed by atoms with E-state index >= 15 is 0 Å². The maximum atomic E-state index is 11.7. The molecule has 0 aliphatic rings. The third kappa shape index (κ3) is 8.89. The van der Waals surface area contributed by atoms with Crippen molar-refractivity contribution >= 4 is 30.7 Å². The van der Waals surface area contributed by atoms with E-state index in [1.54, 1.807) is 36.5 Å². The molecule has 1 amide bonds. The maximum absolute atomic E-state index is 11.7. The molecule has 0 saturated heterocycles. The van der Waals surface area contributed by atoms with Gasteiger partial charge in [-0.25, -0.2) is 4.98 Å². The summed E-state index contributed by atoms with van der Waals surface area (Å²) in [6, 6.07) is 12.8. The number of benzene rings is 1. The van der Waals surface area contributed by atoms with Crippen LogP contribution in [0.1, 0.15) is 13.8 Å². The third-order valence-electron chi connectivity index (χ3n) is 3.21.